The number of methoxy groups -OCH3 is 2. The van der Waals surface area contributed by atoms with Crippen molar-refractivity contribution in [3.8, 4) is 0 Å². The summed E-state index contributed by atoms with van der Waals surface area (Å²) in [7, 11) is -0.768. The van der Waals surface area contributed by atoms with Gasteiger partial charge < -0.3 is 14.4 Å². The summed E-state index contributed by atoms with van der Waals surface area (Å²) in [6.07, 6.45) is 0. The molecule has 0 N–H and O–H groups in total. The molecule has 1 amide bonds. The average molecular weight is 400 g/mol. The van der Waals surface area contributed by atoms with Gasteiger partial charge in [0.25, 0.3) is 0 Å². The second-order valence-electron chi connectivity index (χ2n) is 5.52. The summed E-state index contributed by atoms with van der Waals surface area (Å²) in [5.74, 6) is -2.02. The predicted octanol–water partition coefficient (Wildman–Crippen LogP) is 0.749. The van der Waals surface area contributed by atoms with Crippen LogP contribution < -0.4 is 0 Å². The van der Waals surface area contributed by atoms with Gasteiger partial charge in [-0.05, 0) is 32.0 Å². The summed E-state index contributed by atoms with van der Waals surface area (Å²) in [6.45, 7) is 4.03. The largest absolute Gasteiger partial charge is 0.465 e. The summed E-state index contributed by atoms with van der Waals surface area (Å²) in [4.78, 5) is 37.0. The molecule has 9 nitrogen and oxygen atoms in total. The first-order valence-electron chi connectivity index (χ1n) is 8.18. The zero-order valence-electron chi connectivity index (χ0n) is 16.0. The molecule has 0 aromatic heterocycles. The molecule has 0 aliphatic rings. The van der Waals surface area contributed by atoms with Gasteiger partial charge >= 0.3 is 11.9 Å². The van der Waals surface area contributed by atoms with E-state index in [2.05, 4.69) is 9.47 Å². The second kappa shape index (κ2) is 9.47. The van der Waals surface area contributed by atoms with E-state index in [-0.39, 0.29) is 17.0 Å². The molecule has 0 saturated carbocycles. The van der Waals surface area contributed by atoms with E-state index in [1.54, 1.807) is 13.8 Å². The van der Waals surface area contributed by atoms with Crippen molar-refractivity contribution in [2.24, 2.45) is 0 Å². The molecule has 10 heteroatoms. The lowest BCUT2D eigenvalue weighted by Crippen LogP contribution is -2.41. The third kappa shape index (κ3) is 5.04. The lowest BCUT2D eigenvalue weighted by atomic mass is 10.1. The van der Waals surface area contributed by atoms with E-state index in [0.29, 0.717) is 13.1 Å². The number of esters is 2. The quantitative estimate of drug-likeness (QED) is 0.592. The zero-order valence-corrected chi connectivity index (χ0v) is 16.8. The minimum absolute atomic E-state index is 0.0489. The fourth-order valence-corrected chi connectivity index (χ4v) is 3.70. The number of likely N-dealkylation sites (N-methyl/N-ethyl adjacent to an activating group) is 2. The van der Waals surface area contributed by atoms with E-state index in [1.165, 1.54) is 24.1 Å². The van der Waals surface area contributed by atoms with Crippen molar-refractivity contribution in [1.29, 1.82) is 0 Å². The highest BCUT2D eigenvalue weighted by atomic mass is 32.2. The Morgan fingerprint density at radius 2 is 1.56 bits per heavy atom. The maximum absolute atomic E-state index is 13.0. The van der Waals surface area contributed by atoms with Gasteiger partial charge in [0.05, 0.1) is 36.8 Å². The van der Waals surface area contributed by atoms with E-state index in [9.17, 15) is 22.8 Å². The predicted molar refractivity (Wildman–Crippen MR) is 96.9 cm³/mol. The Balaban J connectivity index is 3.39. The normalized spacial score (nSPS) is 11.2. The zero-order chi connectivity index (χ0) is 20.8. The number of nitrogens with zero attached hydrogens (tertiary/aromatic N) is 2. The second-order valence-corrected chi connectivity index (χ2v) is 7.53. The Kier molecular flexibility index (Phi) is 7.92. The van der Waals surface area contributed by atoms with E-state index in [0.717, 1.165) is 24.6 Å². The van der Waals surface area contributed by atoms with Crippen LogP contribution in [0.3, 0.4) is 0 Å². The van der Waals surface area contributed by atoms with Crippen LogP contribution in [0.4, 0.5) is 0 Å². The molecule has 0 spiro atoms. The monoisotopic (exact) mass is 400 g/mol. The Morgan fingerprint density at radius 3 is 2.04 bits per heavy atom. The summed E-state index contributed by atoms with van der Waals surface area (Å²) in [5.41, 5.74) is -0.292. The molecule has 0 fully saturated rings. The van der Waals surface area contributed by atoms with Crippen LogP contribution in [-0.2, 0) is 24.3 Å². The molecule has 1 aromatic carbocycles. The van der Waals surface area contributed by atoms with Crippen LogP contribution in [0.15, 0.2) is 23.1 Å². The molecule has 0 aliphatic carbocycles. The third-order valence-corrected chi connectivity index (χ3v) is 5.81. The average Bonchev–Trinajstić information content (AvgIpc) is 2.66. The van der Waals surface area contributed by atoms with E-state index < -0.39 is 33.4 Å². The molecule has 0 radical (unpaired) electrons. The number of rotatable bonds is 8. The number of benzene rings is 1. The van der Waals surface area contributed by atoms with Crippen LogP contribution in [0.25, 0.3) is 0 Å². The van der Waals surface area contributed by atoms with E-state index in [4.69, 9.17) is 0 Å². The molecule has 0 saturated heterocycles. The Hall–Kier alpha value is -2.46. The molecule has 0 aliphatic heterocycles. The molecular weight excluding hydrogens is 376 g/mol. The SMILES string of the molecule is CCN(CC)C(=O)CN(C)S(=O)(=O)c1cc(C(=O)OC)ccc1C(=O)OC. The standard InChI is InChI=1S/C17H24N2O7S/c1-6-19(7-2)15(20)11-18(3)27(23,24)14-10-12(16(21)25-4)8-9-13(14)17(22)26-5/h8-10H,6-7,11H2,1-5H3. The molecule has 0 atom stereocenters. The highest BCUT2D eigenvalue weighted by molar-refractivity contribution is 7.89. The number of ether oxygens (including phenoxy) is 2. The van der Waals surface area contributed by atoms with Gasteiger partial charge in [-0.2, -0.15) is 4.31 Å². The minimum atomic E-state index is -4.26. The topological polar surface area (TPSA) is 110 Å². The van der Waals surface area contributed by atoms with Gasteiger partial charge in [0, 0.05) is 20.1 Å². The highest BCUT2D eigenvalue weighted by Crippen LogP contribution is 2.23. The molecule has 1 rings (SSSR count). The maximum Gasteiger partial charge on any atom is 0.339 e. The Labute approximate surface area is 158 Å². The molecule has 27 heavy (non-hydrogen) atoms. The van der Waals surface area contributed by atoms with E-state index in [1.807, 2.05) is 0 Å². The number of amides is 1. The molecule has 1 aromatic rings. The van der Waals surface area contributed by atoms with Crippen molar-refractivity contribution < 1.29 is 32.3 Å². The van der Waals surface area contributed by atoms with Gasteiger partial charge in [0.1, 0.15) is 0 Å². The lowest BCUT2D eigenvalue weighted by Gasteiger charge is -2.23. The Bertz CT molecular complexity index is 817. The van der Waals surface area contributed by atoms with Crippen molar-refractivity contribution in [3.05, 3.63) is 29.3 Å². The smallest absolute Gasteiger partial charge is 0.339 e. The van der Waals surface area contributed by atoms with Gasteiger partial charge in [0.2, 0.25) is 15.9 Å². The fraction of sp³-hybridized carbons (Fsp3) is 0.471. The number of hydrogen-bond donors (Lipinski definition) is 0. The van der Waals surface area contributed by atoms with Crippen LogP contribution >= 0.6 is 0 Å². The highest BCUT2D eigenvalue weighted by Gasteiger charge is 2.30. The fourth-order valence-electron chi connectivity index (χ4n) is 2.38. The maximum atomic E-state index is 13.0. The third-order valence-electron chi connectivity index (χ3n) is 3.97. The van der Waals surface area contributed by atoms with Crippen molar-refractivity contribution >= 4 is 27.9 Å². The van der Waals surface area contributed by atoms with Crippen LogP contribution in [0.5, 0.6) is 0 Å². The Morgan fingerprint density at radius 1 is 1.00 bits per heavy atom. The summed E-state index contributed by atoms with van der Waals surface area (Å²) < 4.78 is 36.0. The molecule has 0 bridgehead atoms. The van der Waals surface area contributed by atoms with Crippen LogP contribution in [0.2, 0.25) is 0 Å². The van der Waals surface area contributed by atoms with Crippen molar-refractivity contribution in [3.63, 3.8) is 0 Å². The summed E-state index contributed by atoms with van der Waals surface area (Å²) in [6, 6.07) is 3.47. The van der Waals surface area contributed by atoms with Gasteiger partial charge in [-0.3, -0.25) is 4.79 Å². The van der Waals surface area contributed by atoms with Crippen LogP contribution in [0, 0.1) is 0 Å². The van der Waals surface area contributed by atoms with Gasteiger partial charge in [-0.1, -0.05) is 0 Å². The first-order chi connectivity index (χ1) is 12.6. The minimum Gasteiger partial charge on any atom is -0.465 e. The van der Waals surface area contributed by atoms with Crippen molar-refractivity contribution in [2.45, 2.75) is 18.7 Å². The van der Waals surface area contributed by atoms with Crippen molar-refractivity contribution in [1.82, 2.24) is 9.21 Å². The number of carbonyl (C=O) groups excluding carboxylic acids is 3. The first-order valence-corrected chi connectivity index (χ1v) is 9.62. The number of hydrogen-bond acceptors (Lipinski definition) is 7. The molecule has 0 heterocycles. The van der Waals surface area contributed by atoms with Crippen LogP contribution in [0.1, 0.15) is 34.6 Å². The summed E-state index contributed by atoms with van der Waals surface area (Å²) >= 11 is 0. The number of sulfonamides is 1. The number of carbonyl (C=O) groups is 3. The first kappa shape index (κ1) is 22.6. The lowest BCUT2D eigenvalue weighted by molar-refractivity contribution is -0.130. The van der Waals surface area contributed by atoms with Crippen molar-refractivity contribution in [2.75, 3.05) is 40.9 Å². The molecule has 0 unspecified atom stereocenters. The van der Waals surface area contributed by atoms with Gasteiger partial charge in [-0.15, -0.1) is 0 Å². The summed E-state index contributed by atoms with van der Waals surface area (Å²) in [5, 5.41) is 0. The molecular formula is C17H24N2O7S. The van der Waals surface area contributed by atoms with Gasteiger partial charge in [-0.25, -0.2) is 18.0 Å². The van der Waals surface area contributed by atoms with Gasteiger partial charge in [0.15, 0.2) is 0 Å². The van der Waals surface area contributed by atoms with E-state index >= 15 is 0 Å². The van der Waals surface area contributed by atoms with Crippen LogP contribution in [-0.4, -0.2) is 76.4 Å². The molecule has 150 valence electrons.